The molecule has 2 N–H and O–H groups in total. The topological polar surface area (TPSA) is 81.9 Å². The number of nitrogens with two attached hydrogens (primary N) is 1. The molecular weight excluding hydrogens is 248 g/mol. The highest BCUT2D eigenvalue weighted by Gasteiger charge is 2.13. The molecule has 1 rings (SSSR count). The van der Waals surface area contributed by atoms with Crippen LogP contribution in [0, 0.1) is 6.92 Å². The number of esters is 1. The van der Waals surface area contributed by atoms with Gasteiger partial charge in [-0.25, -0.2) is 9.86 Å². The average molecular weight is 266 g/mol. The molecule has 0 saturated carbocycles. The maximum absolute atomic E-state index is 11.2. The molecule has 104 valence electrons. The summed E-state index contributed by atoms with van der Waals surface area (Å²) in [6.45, 7) is 2.24. The molecule has 0 heterocycles. The van der Waals surface area contributed by atoms with E-state index in [0.717, 1.165) is 16.2 Å². The van der Waals surface area contributed by atoms with Crippen molar-refractivity contribution in [3.8, 4) is 0 Å². The van der Waals surface area contributed by atoms with Gasteiger partial charge in [-0.1, -0.05) is 29.8 Å². The van der Waals surface area contributed by atoms with Gasteiger partial charge in [-0.05, 0) is 12.5 Å². The predicted octanol–water partition coefficient (Wildman–Crippen LogP) is 1.37. The molecule has 1 aromatic carbocycles. The number of nitrogens with zero attached hydrogens (tertiary/aromatic N) is 1. The number of carbonyl (C=O) groups excluding carboxylic acids is 2. The lowest BCUT2D eigenvalue weighted by Gasteiger charge is -2.19. The zero-order valence-corrected chi connectivity index (χ0v) is 11.1. The molecule has 6 nitrogen and oxygen atoms in total. The second-order valence-electron chi connectivity index (χ2n) is 4.03. The molecule has 0 fully saturated rings. The highest BCUT2D eigenvalue weighted by atomic mass is 16.7. The number of primary amides is 1. The molecule has 0 aliphatic rings. The Hall–Kier alpha value is -2.08. The minimum Gasteiger partial charge on any atom is -0.469 e. The van der Waals surface area contributed by atoms with Crippen LogP contribution >= 0.6 is 0 Å². The lowest BCUT2D eigenvalue weighted by atomic mass is 10.1. The van der Waals surface area contributed by atoms with Gasteiger partial charge in [0.2, 0.25) is 0 Å². The van der Waals surface area contributed by atoms with Gasteiger partial charge in [0.15, 0.2) is 0 Å². The van der Waals surface area contributed by atoms with Crippen molar-refractivity contribution in [2.24, 2.45) is 5.73 Å². The summed E-state index contributed by atoms with van der Waals surface area (Å²) in [7, 11) is 1.28. The summed E-state index contributed by atoms with van der Waals surface area (Å²) in [5.74, 6) is -0.426. The van der Waals surface area contributed by atoms with E-state index in [1.807, 2.05) is 31.2 Å². The van der Waals surface area contributed by atoms with Crippen molar-refractivity contribution in [1.29, 1.82) is 0 Å². The van der Waals surface area contributed by atoms with Crippen molar-refractivity contribution in [2.45, 2.75) is 20.0 Å². The van der Waals surface area contributed by atoms with Crippen LogP contribution in [0.1, 0.15) is 17.5 Å². The SMILES string of the molecule is COC(=O)CCN(OCc1cccc(C)c1)C(N)=O. The third-order valence-electron chi connectivity index (χ3n) is 2.46. The first-order valence-electron chi connectivity index (χ1n) is 5.85. The Morgan fingerprint density at radius 2 is 2.11 bits per heavy atom. The van der Waals surface area contributed by atoms with Crippen LogP contribution in [0.3, 0.4) is 0 Å². The number of aryl methyl sites for hydroxylation is 1. The number of methoxy groups -OCH3 is 1. The lowest BCUT2D eigenvalue weighted by molar-refractivity contribution is -0.149. The van der Waals surface area contributed by atoms with Crippen LogP contribution in [-0.2, 0) is 21.0 Å². The molecule has 19 heavy (non-hydrogen) atoms. The molecule has 0 spiro atoms. The van der Waals surface area contributed by atoms with Crippen LogP contribution in [0.2, 0.25) is 0 Å². The Kier molecular flexibility index (Phi) is 5.81. The van der Waals surface area contributed by atoms with E-state index in [1.165, 1.54) is 7.11 Å². The molecule has 0 saturated heterocycles. The van der Waals surface area contributed by atoms with E-state index < -0.39 is 12.0 Å². The first-order chi connectivity index (χ1) is 9.02. The van der Waals surface area contributed by atoms with E-state index in [9.17, 15) is 9.59 Å². The maximum Gasteiger partial charge on any atom is 0.338 e. The molecule has 0 bridgehead atoms. The molecule has 0 unspecified atom stereocenters. The fourth-order valence-corrected chi connectivity index (χ4v) is 1.49. The molecule has 0 aliphatic heterocycles. The lowest BCUT2D eigenvalue weighted by Crippen LogP contribution is -2.37. The van der Waals surface area contributed by atoms with Crippen LogP contribution in [0.25, 0.3) is 0 Å². The Balaban J connectivity index is 2.50. The second kappa shape index (κ2) is 7.38. The number of hydrogen-bond donors (Lipinski definition) is 1. The molecule has 0 radical (unpaired) electrons. The van der Waals surface area contributed by atoms with Crippen molar-refractivity contribution in [3.05, 3.63) is 35.4 Å². The van der Waals surface area contributed by atoms with E-state index >= 15 is 0 Å². The summed E-state index contributed by atoms with van der Waals surface area (Å²) in [6.07, 6.45) is 0.0350. The first kappa shape index (κ1) is 15.0. The maximum atomic E-state index is 11.2. The van der Waals surface area contributed by atoms with Crippen molar-refractivity contribution in [3.63, 3.8) is 0 Å². The zero-order valence-electron chi connectivity index (χ0n) is 11.1. The van der Waals surface area contributed by atoms with Crippen LogP contribution in [0.4, 0.5) is 4.79 Å². The average Bonchev–Trinajstić information content (AvgIpc) is 2.38. The second-order valence-corrected chi connectivity index (χ2v) is 4.03. The van der Waals surface area contributed by atoms with E-state index in [0.29, 0.717) is 0 Å². The Labute approximate surface area is 112 Å². The van der Waals surface area contributed by atoms with E-state index in [4.69, 9.17) is 10.6 Å². The van der Waals surface area contributed by atoms with Crippen LogP contribution in [0.5, 0.6) is 0 Å². The Morgan fingerprint density at radius 1 is 1.37 bits per heavy atom. The summed E-state index contributed by atoms with van der Waals surface area (Å²) in [4.78, 5) is 27.5. The number of benzene rings is 1. The minimum atomic E-state index is -0.739. The number of carbonyl (C=O) groups is 2. The minimum absolute atomic E-state index is 0.0350. The fraction of sp³-hybridized carbons (Fsp3) is 0.385. The Morgan fingerprint density at radius 3 is 2.68 bits per heavy atom. The normalized spacial score (nSPS) is 10.0. The largest absolute Gasteiger partial charge is 0.469 e. The third kappa shape index (κ3) is 5.39. The van der Waals surface area contributed by atoms with Gasteiger partial charge < -0.3 is 10.5 Å². The van der Waals surface area contributed by atoms with Crippen molar-refractivity contribution < 1.29 is 19.2 Å². The van der Waals surface area contributed by atoms with Crippen molar-refractivity contribution in [1.82, 2.24) is 5.06 Å². The molecule has 1 aromatic rings. The van der Waals surface area contributed by atoms with Crippen LogP contribution < -0.4 is 5.73 Å². The zero-order chi connectivity index (χ0) is 14.3. The summed E-state index contributed by atoms with van der Waals surface area (Å²) in [5.41, 5.74) is 7.19. The summed E-state index contributed by atoms with van der Waals surface area (Å²) in [6, 6.07) is 6.95. The molecule has 6 heteroatoms. The van der Waals surface area contributed by atoms with Crippen LogP contribution in [0.15, 0.2) is 24.3 Å². The van der Waals surface area contributed by atoms with E-state index in [-0.39, 0.29) is 19.6 Å². The first-order valence-corrected chi connectivity index (χ1v) is 5.85. The number of ether oxygens (including phenoxy) is 1. The van der Waals surface area contributed by atoms with E-state index in [2.05, 4.69) is 4.74 Å². The molecule has 0 aliphatic carbocycles. The monoisotopic (exact) mass is 266 g/mol. The number of hydroxylamine groups is 2. The summed E-state index contributed by atoms with van der Waals surface area (Å²) < 4.78 is 4.49. The number of amides is 2. The van der Waals surface area contributed by atoms with Gasteiger partial charge in [-0.2, -0.15) is 0 Å². The number of urea groups is 1. The highest BCUT2D eigenvalue weighted by molar-refractivity contribution is 5.73. The molecule has 0 aromatic heterocycles. The van der Waals surface area contributed by atoms with Gasteiger partial charge in [-0.3, -0.25) is 9.63 Å². The standard InChI is InChI=1S/C13H18N2O4/c1-10-4-3-5-11(8-10)9-19-15(13(14)17)7-6-12(16)18-2/h3-5,8H,6-7,9H2,1-2H3,(H2,14,17). The summed E-state index contributed by atoms with van der Waals surface area (Å²) in [5, 5.41) is 0.958. The third-order valence-corrected chi connectivity index (χ3v) is 2.46. The summed E-state index contributed by atoms with van der Waals surface area (Å²) >= 11 is 0. The van der Waals surface area contributed by atoms with Crippen LogP contribution in [-0.4, -0.2) is 30.7 Å². The number of rotatable bonds is 6. The van der Waals surface area contributed by atoms with E-state index in [1.54, 1.807) is 0 Å². The predicted molar refractivity (Wildman–Crippen MR) is 68.9 cm³/mol. The highest BCUT2D eigenvalue weighted by Crippen LogP contribution is 2.07. The van der Waals surface area contributed by atoms with Gasteiger partial charge in [0.1, 0.15) is 6.61 Å². The fourth-order valence-electron chi connectivity index (χ4n) is 1.49. The quantitative estimate of drug-likeness (QED) is 0.622. The van der Waals surface area contributed by atoms with Gasteiger partial charge in [0.25, 0.3) is 0 Å². The van der Waals surface area contributed by atoms with Crippen molar-refractivity contribution >= 4 is 12.0 Å². The van der Waals surface area contributed by atoms with Gasteiger partial charge in [-0.15, -0.1) is 0 Å². The molecular formula is C13H18N2O4. The van der Waals surface area contributed by atoms with Gasteiger partial charge in [0.05, 0.1) is 20.1 Å². The Bertz CT molecular complexity index is 448. The van der Waals surface area contributed by atoms with Gasteiger partial charge >= 0.3 is 12.0 Å². The van der Waals surface area contributed by atoms with Gasteiger partial charge in [0, 0.05) is 0 Å². The molecule has 2 amide bonds. The van der Waals surface area contributed by atoms with Crippen molar-refractivity contribution in [2.75, 3.05) is 13.7 Å². The number of hydrogen-bond acceptors (Lipinski definition) is 4. The smallest absolute Gasteiger partial charge is 0.338 e. The molecule has 0 atom stereocenters.